The summed E-state index contributed by atoms with van der Waals surface area (Å²) in [5, 5.41) is 10.1. The van der Waals surface area contributed by atoms with E-state index in [-0.39, 0.29) is 17.5 Å². The van der Waals surface area contributed by atoms with E-state index in [1.165, 1.54) is 16.8 Å². The third-order valence-electron chi connectivity index (χ3n) is 6.62. The van der Waals surface area contributed by atoms with Gasteiger partial charge in [0.2, 0.25) is 5.88 Å². The fourth-order valence-corrected chi connectivity index (χ4v) is 4.77. The van der Waals surface area contributed by atoms with Gasteiger partial charge in [-0.1, -0.05) is 12.1 Å². The van der Waals surface area contributed by atoms with Crippen LogP contribution in [0.15, 0.2) is 54.7 Å². The van der Waals surface area contributed by atoms with Crippen molar-refractivity contribution in [2.45, 2.75) is 44.1 Å². The Bertz CT molecular complexity index is 1230. The minimum Gasteiger partial charge on any atom is -0.463 e. The van der Waals surface area contributed by atoms with E-state index in [0.29, 0.717) is 42.8 Å². The zero-order valence-electron chi connectivity index (χ0n) is 18.8. The summed E-state index contributed by atoms with van der Waals surface area (Å²) in [5.41, 5.74) is -0.927. The molecule has 0 radical (unpaired) electrons. The SMILES string of the molecule is CC(C)(O)c1ccc(C(=O)N2CCC3(CC2)Oc2ncccc2-n2c(C(F)(F)F)ccc23)cc1. The van der Waals surface area contributed by atoms with Gasteiger partial charge in [0.1, 0.15) is 11.4 Å². The molecule has 0 aliphatic carbocycles. The van der Waals surface area contributed by atoms with Gasteiger partial charge in [0.25, 0.3) is 5.91 Å². The number of hydrogen-bond acceptors (Lipinski definition) is 4. The summed E-state index contributed by atoms with van der Waals surface area (Å²) in [6.07, 6.45) is -2.38. The highest BCUT2D eigenvalue weighted by molar-refractivity contribution is 5.94. The second-order valence-electron chi connectivity index (χ2n) is 9.29. The number of carbonyl (C=O) groups is 1. The number of ether oxygens (including phenoxy) is 1. The fourth-order valence-electron chi connectivity index (χ4n) is 4.77. The molecule has 0 saturated carbocycles. The van der Waals surface area contributed by atoms with Crippen LogP contribution in [0.3, 0.4) is 0 Å². The number of rotatable bonds is 2. The number of pyridine rings is 1. The van der Waals surface area contributed by atoms with Gasteiger partial charge < -0.3 is 19.3 Å². The number of nitrogens with zero attached hydrogens (tertiary/aromatic N) is 3. The van der Waals surface area contributed by atoms with Crippen molar-refractivity contribution in [2.24, 2.45) is 0 Å². The predicted octanol–water partition coefficient (Wildman–Crippen LogP) is 4.64. The zero-order valence-corrected chi connectivity index (χ0v) is 18.8. The van der Waals surface area contributed by atoms with Crippen LogP contribution in [-0.4, -0.2) is 38.6 Å². The maximum atomic E-state index is 13.8. The normalized spacial score (nSPS) is 17.2. The largest absolute Gasteiger partial charge is 0.463 e. The lowest BCUT2D eigenvalue weighted by Crippen LogP contribution is -2.50. The van der Waals surface area contributed by atoms with Crippen molar-refractivity contribution in [3.8, 4) is 11.6 Å². The average Bonchev–Trinajstić information content (AvgIpc) is 3.26. The number of benzene rings is 1. The highest BCUT2D eigenvalue weighted by Crippen LogP contribution is 2.47. The number of aromatic nitrogens is 2. The van der Waals surface area contributed by atoms with E-state index < -0.39 is 23.1 Å². The Hall–Kier alpha value is -3.33. The van der Waals surface area contributed by atoms with Crippen molar-refractivity contribution in [1.29, 1.82) is 0 Å². The van der Waals surface area contributed by atoms with Crippen LogP contribution in [0.5, 0.6) is 5.88 Å². The van der Waals surface area contributed by atoms with Crippen molar-refractivity contribution < 1.29 is 27.8 Å². The molecular weight excluding hydrogens is 447 g/mol. The first-order valence-electron chi connectivity index (χ1n) is 11.1. The van der Waals surface area contributed by atoms with Crippen LogP contribution in [0, 0.1) is 0 Å². The summed E-state index contributed by atoms with van der Waals surface area (Å²) in [6, 6.07) is 12.5. The summed E-state index contributed by atoms with van der Waals surface area (Å²) in [4.78, 5) is 18.9. The van der Waals surface area contributed by atoms with Gasteiger partial charge in [-0.05, 0) is 55.8 Å². The molecule has 1 saturated heterocycles. The minimum absolute atomic E-state index is 0.152. The van der Waals surface area contributed by atoms with Crippen LogP contribution in [-0.2, 0) is 17.4 Å². The van der Waals surface area contributed by atoms with E-state index in [1.807, 2.05) is 0 Å². The highest BCUT2D eigenvalue weighted by Gasteiger charge is 2.48. The molecule has 34 heavy (non-hydrogen) atoms. The molecule has 3 aromatic rings. The van der Waals surface area contributed by atoms with Crippen molar-refractivity contribution >= 4 is 5.91 Å². The lowest BCUT2D eigenvalue weighted by atomic mass is 9.86. The molecule has 0 bridgehead atoms. The first-order chi connectivity index (χ1) is 16.0. The van der Waals surface area contributed by atoms with E-state index in [4.69, 9.17) is 4.74 Å². The molecule has 1 aromatic carbocycles. The second kappa shape index (κ2) is 7.59. The molecular formula is C25H24F3N3O3. The Balaban J connectivity index is 1.42. The van der Waals surface area contributed by atoms with Crippen LogP contribution >= 0.6 is 0 Å². The lowest BCUT2D eigenvalue weighted by molar-refractivity contribution is -0.143. The van der Waals surface area contributed by atoms with Crippen LogP contribution in [0.25, 0.3) is 5.69 Å². The van der Waals surface area contributed by atoms with E-state index in [1.54, 1.807) is 55.1 Å². The quantitative estimate of drug-likeness (QED) is 0.591. The van der Waals surface area contributed by atoms with Crippen molar-refractivity contribution in [3.05, 3.63) is 77.2 Å². The molecule has 4 heterocycles. The van der Waals surface area contributed by atoms with Crippen LogP contribution in [0.2, 0.25) is 0 Å². The first kappa shape index (κ1) is 22.5. The number of halogens is 3. The smallest absolute Gasteiger partial charge is 0.431 e. The van der Waals surface area contributed by atoms with Crippen molar-refractivity contribution in [2.75, 3.05) is 13.1 Å². The zero-order chi connectivity index (χ0) is 24.3. The Kier molecular flexibility index (Phi) is 5.02. The topological polar surface area (TPSA) is 67.6 Å². The molecule has 178 valence electrons. The van der Waals surface area contributed by atoms with Gasteiger partial charge in [-0.3, -0.25) is 4.79 Å². The summed E-state index contributed by atoms with van der Waals surface area (Å²) >= 11 is 0. The second-order valence-corrected chi connectivity index (χ2v) is 9.29. The van der Waals surface area contributed by atoms with Crippen LogP contribution in [0.4, 0.5) is 13.2 Å². The Morgan fingerprint density at radius 3 is 2.35 bits per heavy atom. The van der Waals surface area contributed by atoms with E-state index in [2.05, 4.69) is 4.98 Å². The standard InChI is InChI=1S/C25H24F3N3O3/c1-23(2,33)17-7-5-16(6-8-17)22(32)30-14-11-24(12-15-30)19-9-10-20(25(26,27)28)31(19)18-4-3-13-29-21(18)34-24/h3-10,13,33H,11-12,14-15H2,1-2H3. The molecule has 2 aliphatic heterocycles. The molecule has 9 heteroatoms. The molecule has 0 atom stereocenters. The van der Waals surface area contributed by atoms with Gasteiger partial charge in [0.15, 0.2) is 5.60 Å². The van der Waals surface area contributed by atoms with Crippen molar-refractivity contribution in [3.63, 3.8) is 0 Å². The van der Waals surface area contributed by atoms with E-state index >= 15 is 0 Å². The van der Waals surface area contributed by atoms with Crippen molar-refractivity contribution in [1.82, 2.24) is 14.5 Å². The molecule has 6 nitrogen and oxygen atoms in total. The maximum Gasteiger partial charge on any atom is 0.431 e. The first-order valence-corrected chi connectivity index (χ1v) is 11.1. The molecule has 1 N–H and O–H groups in total. The number of likely N-dealkylation sites (tertiary alicyclic amines) is 1. The average molecular weight is 471 g/mol. The van der Waals surface area contributed by atoms with Gasteiger partial charge in [-0.2, -0.15) is 13.2 Å². The van der Waals surface area contributed by atoms with Gasteiger partial charge in [-0.25, -0.2) is 4.98 Å². The summed E-state index contributed by atoms with van der Waals surface area (Å²) in [7, 11) is 0. The number of carbonyl (C=O) groups excluding carboxylic acids is 1. The Morgan fingerprint density at radius 2 is 1.74 bits per heavy atom. The molecule has 1 fully saturated rings. The van der Waals surface area contributed by atoms with E-state index in [9.17, 15) is 23.1 Å². The molecule has 1 spiro atoms. The van der Waals surface area contributed by atoms with Gasteiger partial charge >= 0.3 is 6.18 Å². The molecule has 5 rings (SSSR count). The van der Waals surface area contributed by atoms with Crippen LogP contribution in [0.1, 0.15) is 54.0 Å². The van der Waals surface area contributed by atoms with Gasteiger partial charge in [0.05, 0.1) is 11.3 Å². The number of amides is 1. The third kappa shape index (κ3) is 3.64. The number of hydrogen-bond donors (Lipinski definition) is 1. The third-order valence-corrected chi connectivity index (χ3v) is 6.62. The molecule has 1 amide bonds. The monoisotopic (exact) mass is 471 g/mol. The fraction of sp³-hybridized carbons (Fsp3) is 0.360. The number of piperidine rings is 1. The predicted molar refractivity (Wildman–Crippen MR) is 118 cm³/mol. The Labute approximate surface area is 194 Å². The lowest BCUT2D eigenvalue weighted by Gasteiger charge is -2.44. The van der Waals surface area contributed by atoms with Crippen LogP contribution < -0.4 is 4.74 Å². The molecule has 2 aromatic heterocycles. The molecule has 0 unspecified atom stereocenters. The van der Waals surface area contributed by atoms with Gasteiger partial charge in [-0.15, -0.1) is 0 Å². The summed E-state index contributed by atoms with van der Waals surface area (Å²) < 4.78 is 48.7. The minimum atomic E-state index is -4.53. The molecule has 2 aliphatic rings. The van der Waals surface area contributed by atoms with E-state index in [0.717, 1.165) is 6.07 Å². The highest BCUT2D eigenvalue weighted by atomic mass is 19.4. The summed E-state index contributed by atoms with van der Waals surface area (Å²) in [5.74, 6) is -0.0171. The number of fused-ring (bicyclic) bond motifs is 4. The Morgan fingerprint density at radius 1 is 1.06 bits per heavy atom. The van der Waals surface area contributed by atoms with Gasteiger partial charge in [0, 0.05) is 37.7 Å². The number of aliphatic hydroxyl groups is 1. The number of alkyl halides is 3. The summed E-state index contributed by atoms with van der Waals surface area (Å²) in [6.45, 7) is 3.98. The maximum absolute atomic E-state index is 13.8.